The third-order valence-corrected chi connectivity index (χ3v) is 4.29. The number of nitrogens with one attached hydrogen (secondary N) is 1. The Bertz CT molecular complexity index is 684. The summed E-state index contributed by atoms with van der Waals surface area (Å²) in [6.45, 7) is 4.36. The molecule has 122 valence electrons. The van der Waals surface area contributed by atoms with Crippen LogP contribution in [0, 0.1) is 13.8 Å². The zero-order valence-electron chi connectivity index (χ0n) is 13.7. The van der Waals surface area contributed by atoms with Crippen LogP contribution < -0.4 is 10.1 Å². The van der Waals surface area contributed by atoms with Crippen LogP contribution in [0.3, 0.4) is 0 Å². The van der Waals surface area contributed by atoms with Gasteiger partial charge in [-0.05, 0) is 56.0 Å². The normalized spacial score (nSPS) is 14.9. The Kier molecular flexibility index (Phi) is 4.70. The van der Waals surface area contributed by atoms with Crippen LogP contribution in [0.25, 0.3) is 0 Å². The van der Waals surface area contributed by atoms with E-state index in [2.05, 4.69) is 11.4 Å². The first-order valence-corrected chi connectivity index (χ1v) is 8.21. The van der Waals surface area contributed by atoms with Gasteiger partial charge in [-0.1, -0.05) is 25.0 Å². The van der Waals surface area contributed by atoms with Gasteiger partial charge in [0.1, 0.15) is 18.1 Å². The third-order valence-electron chi connectivity index (χ3n) is 4.29. The van der Waals surface area contributed by atoms with E-state index in [-0.39, 0.29) is 5.91 Å². The zero-order valence-corrected chi connectivity index (χ0v) is 13.7. The number of amides is 1. The summed E-state index contributed by atoms with van der Waals surface area (Å²) < 4.78 is 11.4. The molecule has 1 heterocycles. The highest BCUT2D eigenvalue weighted by Gasteiger charge is 2.19. The SMILES string of the molecule is Cc1ccc(C)c(OCc2ccc(C(=O)NC3CCCC3)o2)c1. The maximum Gasteiger partial charge on any atom is 0.287 e. The average molecular weight is 313 g/mol. The number of hydrogen-bond donors (Lipinski definition) is 1. The lowest BCUT2D eigenvalue weighted by atomic mass is 10.1. The molecule has 0 spiro atoms. The Morgan fingerprint density at radius 3 is 2.78 bits per heavy atom. The second-order valence-corrected chi connectivity index (χ2v) is 6.28. The minimum absolute atomic E-state index is 0.130. The summed E-state index contributed by atoms with van der Waals surface area (Å²) in [6.07, 6.45) is 4.51. The Morgan fingerprint density at radius 2 is 2.00 bits per heavy atom. The van der Waals surface area contributed by atoms with Crippen molar-refractivity contribution in [2.24, 2.45) is 0 Å². The molecule has 2 aromatic rings. The standard InChI is InChI=1S/C19H23NO3/c1-13-7-8-14(2)18(11-13)22-12-16-9-10-17(23-16)19(21)20-15-5-3-4-6-15/h7-11,15H,3-6,12H2,1-2H3,(H,20,21). The molecule has 4 heteroatoms. The van der Waals surface area contributed by atoms with Gasteiger partial charge in [-0.25, -0.2) is 0 Å². The van der Waals surface area contributed by atoms with Gasteiger partial charge in [-0.3, -0.25) is 4.79 Å². The molecule has 1 fully saturated rings. The summed E-state index contributed by atoms with van der Waals surface area (Å²) in [5, 5.41) is 3.03. The van der Waals surface area contributed by atoms with Crippen LogP contribution in [0.5, 0.6) is 5.75 Å². The monoisotopic (exact) mass is 313 g/mol. The summed E-state index contributed by atoms with van der Waals surface area (Å²) in [6, 6.07) is 9.91. The quantitative estimate of drug-likeness (QED) is 0.902. The number of benzene rings is 1. The average Bonchev–Trinajstić information content (AvgIpc) is 3.19. The lowest BCUT2D eigenvalue weighted by Gasteiger charge is -2.10. The molecule has 1 aliphatic carbocycles. The molecule has 1 aliphatic rings. The van der Waals surface area contributed by atoms with Gasteiger partial charge in [0.05, 0.1) is 0 Å². The van der Waals surface area contributed by atoms with Crippen LogP contribution in [-0.2, 0) is 6.61 Å². The fraction of sp³-hybridized carbons (Fsp3) is 0.421. The van der Waals surface area contributed by atoms with Crippen molar-refractivity contribution < 1.29 is 13.9 Å². The predicted octanol–water partition coefficient (Wildman–Crippen LogP) is 4.15. The maximum atomic E-state index is 12.1. The van der Waals surface area contributed by atoms with Crippen molar-refractivity contribution in [3.8, 4) is 5.75 Å². The molecule has 0 radical (unpaired) electrons. The molecule has 0 unspecified atom stereocenters. The molecular formula is C19H23NO3. The van der Waals surface area contributed by atoms with Gasteiger partial charge in [-0.2, -0.15) is 0 Å². The van der Waals surface area contributed by atoms with Crippen molar-refractivity contribution in [3.05, 3.63) is 53.0 Å². The molecule has 1 aromatic heterocycles. The Labute approximate surface area is 136 Å². The van der Waals surface area contributed by atoms with E-state index in [9.17, 15) is 4.79 Å². The van der Waals surface area contributed by atoms with Crippen LogP contribution >= 0.6 is 0 Å². The molecule has 1 N–H and O–H groups in total. The summed E-state index contributed by atoms with van der Waals surface area (Å²) in [5.74, 6) is 1.73. The molecule has 1 saturated carbocycles. The van der Waals surface area contributed by atoms with Crippen molar-refractivity contribution in [1.29, 1.82) is 0 Å². The number of hydrogen-bond acceptors (Lipinski definition) is 3. The van der Waals surface area contributed by atoms with Gasteiger partial charge in [0.15, 0.2) is 5.76 Å². The number of carbonyl (C=O) groups excluding carboxylic acids is 1. The Hall–Kier alpha value is -2.23. The molecule has 0 saturated heterocycles. The second-order valence-electron chi connectivity index (χ2n) is 6.28. The van der Waals surface area contributed by atoms with E-state index in [1.54, 1.807) is 12.1 Å². The first-order valence-electron chi connectivity index (χ1n) is 8.21. The highest BCUT2D eigenvalue weighted by Crippen LogP contribution is 2.21. The lowest BCUT2D eigenvalue weighted by molar-refractivity contribution is 0.0905. The summed E-state index contributed by atoms with van der Waals surface area (Å²) in [5.41, 5.74) is 2.24. The predicted molar refractivity (Wildman–Crippen MR) is 88.7 cm³/mol. The Balaban J connectivity index is 1.58. The minimum Gasteiger partial charge on any atom is -0.485 e. The van der Waals surface area contributed by atoms with E-state index in [0.717, 1.165) is 29.7 Å². The fourth-order valence-corrected chi connectivity index (χ4v) is 2.92. The molecule has 0 atom stereocenters. The number of rotatable bonds is 5. The van der Waals surface area contributed by atoms with E-state index in [1.165, 1.54) is 12.8 Å². The largest absolute Gasteiger partial charge is 0.485 e. The Morgan fingerprint density at radius 1 is 1.22 bits per heavy atom. The number of carbonyl (C=O) groups is 1. The number of aryl methyl sites for hydroxylation is 2. The van der Waals surface area contributed by atoms with Crippen LogP contribution in [0.15, 0.2) is 34.7 Å². The first-order chi connectivity index (χ1) is 11.1. The van der Waals surface area contributed by atoms with E-state index in [1.807, 2.05) is 26.0 Å². The van der Waals surface area contributed by atoms with Crippen LogP contribution in [0.1, 0.15) is 53.1 Å². The highest BCUT2D eigenvalue weighted by molar-refractivity contribution is 5.91. The first kappa shape index (κ1) is 15.7. The van der Waals surface area contributed by atoms with E-state index in [4.69, 9.17) is 9.15 Å². The van der Waals surface area contributed by atoms with Crippen molar-refractivity contribution in [2.75, 3.05) is 0 Å². The van der Waals surface area contributed by atoms with E-state index < -0.39 is 0 Å². The number of ether oxygens (including phenoxy) is 1. The zero-order chi connectivity index (χ0) is 16.2. The van der Waals surface area contributed by atoms with Crippen LogP contribution in [0.2, 0.25) is 0 Å². The summed E-state index contributed by atoms with van der Waals surface area (Å²) >= 11 is 0. The van der Waals surface area contributed by atoms with Gasteiger partial charge in [0.2, 0.25) is 0 Å². The molecule has 4 nitrogen and oxygen atoms in total. The summed E-state index contributed by atoms with van der Waals surface area (Å²) in [7, 11) is 0. The van der Waals surface area contributed by atoms with Crippen LogP contribution in [0.4, 0.5) is 0 Å². The molecule has 0 aliphatic heterocycles. The van der Waals surface area contributed by atoms with Crippen molar-refractivity contribution >= 4 is 5.91 Å². The van der Waals surface area contributed by atoms with Gasteiger partial charge < -0.3 is 14.5 Å². The minimum atomic E-state index is -0.130. The molecule has 23 heavy (non-hydrogen) atoms. The molecule has 1 amide bonds. The fourth-order valence-electron chi connectivity index (χ4n) is 2.92. The van der Waals surface area contributed by atoms with Gasteiger partial charge in [-0.15, -0.1) is 0 Å². The third kappa shape index (κ3) is 3.95. The topological polar surface area (TPSA) is 51.5 Å². The highest BCUT2D eigenvalue weighted by atomic mass is 16.5. The van der Waals surface area contributed by atoms with Crippen molar-refractivity contribution in [1.82, 2.24) is 5.32 Å². The van der Waals surface area contributed by atoms with Crippen molar-refractivity contribution in [3.63, 3.8) is 0 Å². The lowest BCUT2D eigenvalue weighted by Crippen LogP contribution is -2.32. The molecular weight excluding hydrogens is 290 g/mol. The smallest absolute Gasteiger partial charge is 0.287 e. The molecule has 3 rings (SSSR count). The van der Waals surface area contributed by atoms with Gasteiger partial charge >= 0.3 is 0 Å². The number of furan rings is 1. The van der Waals surface area contributed by atoms with Gasteiger partial charge in [0.25, 0.3) is 5.91 Å². The summed E-state index contributed by atoms with van der Waals surface area (Å²) in [4.78, 5) is 12.1. The molecule has 0 bridgehead atoms. The second kappa shape index (κ2) is 6.90. The van der Waals surface area contributed by atoms with E-state index in [0.29, 0.717) is 24.2 Å². The maximum absolute atomic E-state index is 12.1. The van der Waals surface area contributed by atoms with Crippen LogP contribution in [-0.4, -0.2) is 11.9 Å². The van der Waals surface area contributed by atoms with Crippen molar-refractivity contribution in [2.45, 2.75) is 52.2 Å². The molecule has 1 aromatic carbocycles. The van der Waals surface area contributed by atoms with E-state index >= 15 is 0 Å². The van der Waals surface area contributed by atoms with Gasteiger partial charge in [0, 0.05) is 6.04 Å².